The number of aliphatic imine (C=N–C) groups is 1. The van der Waals surface area contributed by atoms with Crippen molar-refractivity contribution in [1.29, 1.82) is 0 Å². The summed E-state index contributed by atoms with van der Waals surface area (Å²) < 4.78 is 0. The minimum atomic E-state index is -0.359. The first kappa shape index (κ1) is 15.6. The van der Waals surface area contributed by atoms with Crippen LogP contribution >= 0.6 is 11.6 Å². The summed E-state index contributed by atoms with van der Waals surface area (Å²) in [7, 11) is 0. The van der Waals surface area contributed by atoms with Crippen molar-refractivity contribution in [1.82, 2.24) is 4.90 Å². The number of rotatable bonds is 3. The molecule has 2 aromatic rings. The Morgan fingerprint density at radius 3 is 2.78 bits per heavy atom. The van der Waals surface area contributed by atoms with Crippen LogP contribution in [0.4, 0.5) is 10.5 Å². The van der Waals surface area contributed by atoms with Gasteiger partial charge in [-0.3, -0.25) is 0 Å². The van der Waals surface area contributed by atoms with E-state index >= 15 is 0 Å². The SMILES string of the molecule is O=C(/N=C1\CCCN1Cc1ccccc1)Nc1cccc(Cl)c1. The zero-order valence-electron chi connectivity index (χ0n) is 12.7. The molecule has 1 fully saturated rings. The molecular formula is C18H18ClN3O. The maximum absolute atomic E-state index is 12.1. The van der Waals surface area contributed by atoms with E-state index in [4.69, 9.17) is 11.6 Å². The first-order valence-electron chi connectivity index (χ1n) is 7.64. The maximum atomic E-state index is 12.1. The van der Waals surface area contributed by atoms with Crippen LogP contribution in [0.3, 0.4) is 0 Å². The molecule has 5 heteroatoms. The largest absolute Gasteiger partial charge is 0.356 e. The van der Waals surface area contributed by atoms with Crippen LogP contribution in [-0.4, -0.2) is 23.3 Å². The standard InChI is InChI=1S/C18H18ClN3O/c19-15-8-4-9-16(12-15)20-18(23)21-17-10-5-11-22(17)13-14-6-2-1-3-7-14/h1-4,6-9,12H,5,10-11,13H2,(H,20,23)/b21-17+. The fraction of sp³-hybridized carbons (Fsp3) is 0.222. The molecule has 23 heavy (non-hydrogen) atoms. The average molecular weight is 328 g/mol. The van der Waals surface area contributed by atoms with Gasteiger partial charge >= 0.3 is 6.03 Å². The van der Waals surface area contributed by atoms with Crippen molar-refractivity contribution in [3.05, 3.63) is 65.2 Å². The Hall–Kier alpha value is -2.33. The fourth-order valence-electron chi connectivity index (χ4n) is 2.65. The molecule has 2 aromatic carbocycles. The number of halogens is 1. The molecule has 1 aliphatic heterocycles. The summed E-state index contributed by atoms with van der Waals surface area (Å²) in [5.74, 6) is 0.841. The summed E-state index contributed by atoms with van der Waals surface area (Å²) in [6.45, 7) is 1.71. The van der Waals surface area contributed by atoms with Crippen LogP contribution < -0.4 is 5.32 Å². The first-order chi connectivity index (χ1) is 11.2. The molecule has 0 unspecified atom stereocenters. The van der Waals surface area contributed by atoms with Crippen molar-refractivity contribution in [2.45, 2.75) is 19.4 Å². The topological polar surface area (TPSA) is 44.7 Å². The van der Waals surface area contributed by atoms with Gasteiger partial charge in [0, 0.05) is 30.2 Å². The summed E-state index contributed by atoms with van der Waals surface area (Å²) in [5, 5.41) is 3.34. The molecule has 1 N–H and O–H groups in total. The number of carbonyl (C=O) groups is 1. The maximum Gasteiger partial charge on any atom is 0.347 e. The van der Waals surface area contributed by atoms with Crippen LogP contribution in [0.15, 0.2) is 59.6 Å². The number of hydrogen-bond donors (Lipinski definition) is 1. The number of anilines is 1. The van der Waals surface area contributed by atoms with E-state index in [1.807, 2.05) is 18.2 Å². The van der Waals surface area contributed by atoms with Gasteiger partial charge in [-0.2, -0.15) is 4.99 Å². The summed E-state index contributed by atoms with van der Waals surface area (Å²) in [4.78, 5) is 18.5. The first-order valence-corrected chi connectivity index (χ1v) is 8.01. The van der Waals surface area contributed by atoms with Crippen molar-refractivity contribution in [2.24, 2.45) is 4.99 Å². The number of amides is 2. The minimum absolute atomic E-state index is 0.359. The summed E-state index contributed by atoms with van der Waals surface area (Å²) in [5.41, 5.74) is 1.87. The average Bonchev–Trinajstić information content (AvgIpc) is 2.95. The zero-order chi connectivity index (χ0) is 16.1. The van der Waals surface area contributed by atoms with Crippen molar-refractivity contribution in [2.75, 3.05) is 11.9 Å². The third kappa shape index (κ3) is 4.33. The monoisotopic (exact) mass is 327 g/mol. The molecule has 1 heterocycles. The molecule has 118 valence electrons. The Morgan fingerprint density at radius 1 is 1.17 bits per heavy atom. The number of nitrogens with one attached hydrogen (secondary N) is 1. The van der Waals surface area contributed by atoms with Gasteiger partial charge in [0.05, 0.1) is 0 Å². The van der Waals surface area contributed by atoms with Crippen LogP contribution in [0.2, 0.25) is 5.02 Å². The van der Waals surface area contributed by atoms with E-state index in [9.17, 15) is 4.79 Å². The van der Waals surface area contributed by atoms with Gasteiger partial charge in [0.25, 0.3) is 0 Å². The van der Waals surface area contributed by atoms with Crippen LogP contribution in [0, 0.1) is 0 Å². The van der Waals surface area contributed by atoms with Gasteiger partial charge in [-0.25, -0.2) is 4.79 Å². The Bertz CT molecular complexity index is 715. The number of benzene rings is 2. The second kappa shape index (κ2) is 7.29. The van der Waals surface area contributed by atoms with Gasteiger partial charge < -0.3 is 10.2 Å². The Balaban J connectivity index is 1.66. The highest BCUT2D eigenvalue weighted by molar-refractivity contribution is 6.30. The Morgan fingerprint density at radius 2 is 2.00 bits per heavy atom. The molecule has 0 saturated carbocycles. The van der Waals surface area contributed by atoms with Gasteiger partial charge in [0.15, 0.2) is 0 Å². The lowest BCUT2D eigenvalue weighted by atomic mass is 10.2. The molecule has 1 aliphatic rings. The number of hydrogen-bond acceptors (Lipinski definition) is 1. The summed E-state index contributed by atoms with van der Waals surface area (Å²) >= 11 is 5.92. The molecule has 3 rings (SSSR count). The number of likely N-dealkylation sites (tertiary alicyclic amines) is 1. The molecule has 2 amide bonds. The van der Waals surface area contributed by atoms with E-state index < -0.39 is 0 Å². The summed E-state index contributed by atoms with van der Waals surface area (Å²) in [6, 6.07) is 16.9. The lowest BCUT2D eigenvalue weighted by molar-refractivity contribution is 0.259. The third-order valence-corrected chi connectivity index (χ3v) is 3.95. The molecule has 1 saturated heterocycles. The molecule has 0 aliphatic carbocycles. The second-order valence-corrected chi connectivity index (χ2v) is 5.92. The fourth-order valence-corrected chi connectivity index (χ4v) is 2.84. The number of nitrogens with zero attached hydrogens (tertiary/aromatic N) is 2. The molecule has 0 bridgehead atoms. The van der Waals surface area contributed by atoms with Crippen molar-refractivity contribution in [3.8, 4) is 0 Å². The normalized spacial score (nSPS) is 15.9. The van der Waals surface area contributed by atoms with Gasteiger partial charge in [0.1, 0.15) is 5.84 Å². The van der Waals surface area contributed by atoms with Crippen molar-refractivity contribution < 1.29 is 4.79 Å². The van der Waals surface area contributed by atoms with E-state index in [0.717, 1.165) is 31.8 Å². The van der Waals surface area contributed by atoms with Gasteiger partial charge in [-0.05, 0) is 30.2 Å². The lowest BCUT2D eigenvalue weighted by Crippen LogP contribution is -2.26. The van der Waals surface area contributed by atoms with E-state index in [0.29, 0.717) is 10.7 Å². The third-order valence-electron chi connectivity index (χ3n) is 3.72. The van der Waals surface area contributed by atoms with Crippen LogP contribution in [0.25, 0.3) is 0 Å². The molecule has 4 nitrogen and oxygen atoms in total. The lowest BCUT2D eigenvalue weighted by Gasteiger charge is -2.18. The molecule has 0 aromatic heterocycles. The van der Waals surface area contributed by atoms with E-state index in [2.05, 4.69) is 27.3 Å². The van der Waals surface area contributed by atoms with E-state index in [1.165, 1.54) is 5.56 Å². The Kier molecular flexibility index (Phi) is 4.93. The van der Waals surface area contributed by atoms with Gasteiger partial charge in [-0.1, -0.05) is 48.0 Å². The van der Waals surface area contributed by atoms with Gasteiger partial charge in [-0.15, -0.1) is 0 Å². The van der Waals surface area contributed by atoms with Crippen LogP contribution in [0.5, 0.6) is 0 Å². The highest BCUT2D eigenvalue weighted by Crippen LogP contribution is 2.17. The smallest absolute Gasteiger partial charge is 0.347 e. The predicted molar refractivity (Wildman–Crippen MR) is 94.0 cm³/mol. The molecule has 0 spiro atoms. The number of urea groups is 1. The van der Waals surface area contributed by atoms with E-state index in [-0.39, 0.29) is 6.03 Å². The number of carbonyl (C=O) groups excluding carboxylic acids is 1. The quantitative estimate of drug-likeness (QED) is 0.897. The molecule has 0 atom stereocenters. The van der Waals surface area contributed by atoms with Crippen LogP contribution in [0.1, 0.15) is 18.4 Å². The molecule has 0 radical (unpaired) electrons. The van der Waals surface area contributed by atoms with Crippen molar-refractivity contribution in [3.63, 3.8) is 0 Å². The van der Waals surface area contributed by atoms with E-state index in [1.54, 1.807) is 24.3 Å². The second-order valence-electron chi connectivity index (χ2n) is 5.48. The minimum Gasteiger partial charge on any atom is -0.356 e. The van der Waals surface area contributed by atoms with Gasteiger partial charge in [0.2, 0.25) is 0 Å². The molecular weight excluding hydrogens is 310 g/mol. The van der Waals surface area contributed by atoms with Crippen LogP contribution in [-0.2, 0) is 6.54 Å². The predicted octanol–water partition coefficient (Wildman–Crippen LogP) is 4.57. The van der Waals surface area contributed by atoms with Crippen molar-refractivity contribution >= 4 is 29.2 Å². The highest BCUT2D eigenvalue weighted by Gasteiger charge is 2.19. The highest BCUT2D eigenvalue weighted by atomic mass is 35.5. The number of amidine groups is 1. The Labute approximate surface area is 140 Å². The zero-order valence-corrected chi connectivity index (χ0v) is 13.5. The summed E-state index contributed by atoms with van der Waals surface area (Å²) in [6.07, 6.45) is 1.85.